The molecule has 0 atom stereocenters. The highest BCUT2D eigenvalue weighted by Crippen LogP contribution is 2.34. The molecule has 0 radical (unpaired) electrons. The van der Waals surface area contributed by atoms with Crippen molar-refractivity contribution in [1.82, 2.24) is 39.8 Å². The standard InChI is InChI=1S/C39H37N9O4/c1-25-12-13-29(46(2)35-14-15-40-39(43-35)50-3)17-30(25)32-21-48(45-44-32)22-33-38(52-24-42-33)28-19-47(20-28)36(49)16-27-18-41-31-10-7-11-34(37(27)31)51-23-26-8-5-4-6-9-26/h4-15,17-18,21,24,28,41H,16,19-20,22-23H2,1-3H3. The number of ether oxygens (including phenoxy) is 2. The monoisotopic (exact) mass is 695 g/mol. The Morgan fingerprint density at radius 1 is 1.06 bits per heavy atom. The van der Waals surface area contributed by atoms with Gasteiger partial charge < -0.3 is 28.7 Å². The molecule has 52 heavy (non-hydrogen) atoms. The number of likely N-dealkylation sites (tertiary alicyclic amines) is 1. The molecule has 0 bridgehead atoms. The number of H-pyrrole nitrogens is 1. The molecule has 1 aliphatic heterocycles. The summed E-state index contributed by atoms with van der Waals surface area (Å²) in [5, 5.41) is 9.84. The first-order valence-corrected chi connectivity index (χ1v) is 17.0. The Labute approximate surface area is 299 Å². The van der Waals surface area contributed by atoms with Crippen molar-refractivity contribution in [2.24, 2.45) is 0 Å². The smallest absolute Gasteiger partial charge is 0.318 e. The van der Waals surface area contributed by atoms with Gasteiger partial charge in [0.05, 0.1) is 32.2 Å². The molecule has 1 aliphatic rings. The minimum Gasteiger partial charge on any atom is -0.488 e. The number of nitrogens with one attached hydrogen (secondary N) is 1. The Morgan fingerprint density at radius 2 is 1.92 bits per heavy atom. The van der Waals surface area contributed by atoms with Crippen LogP contribution in [0.3, 0.4) is 0 Å². The van der Waals surface area contributed by atoms with Gasteiger partial charge in [0, 0.05) is 54.7 Å². The number of amides is 1. The summed E-state index contributed by atoms with van der Waals surface area (Å²) < 4.78 is 19.0. The summed E-state index contributed by atoms with van der Waals surface area (Å²) in [6, 6.07) is 24.2. The molecule has 13 nitrogen and oxygen atoms in total. The maximum atomic E-state index is 13.4. The van der Waals surface area contributed by atoms with Crippen LogP contribution in [0.4, 0.5) is 11.5 Å². The number of anilines is 2. The molecule has 5 heterocycles. The molecule has 0 unspecified atom stereocenters. The van der Waals surface area contributed by atoms with Gasteiger partial charge in [-0.15, -0.1) is 5.10 Å². The lowest BCUT2D eigenvalue weighted by molar-refractivity contribution is -0.135. The molecular formula is C39H37N9O4. The number of aryl methyl sites for hydroxylation is 1. The van der Waals surface area contributed by atoms with Crippen molar-refractivity contribution in [3.8, 4) is 23.0 Å². The normalized spacial score (nSPS) is 12.9. The molecule has 1 fully saturated rings. The van der Waals surface area contributed by atoms with Crippen molar-refractivity contribution in [1.29, 1.82) is 0 Å². The fourth-order valence-electron chi connectivity index (χ4n) is 6.56. The zero-order valence-electron chi connectivity index (χ0n) is 29.1. The molecule has 8 rings (SSSR count). The fraction of sp³-hybridized carbons (Fsp3) is 0.231. The molecule has 1 saturated heterocycles. The molecule has 1 N–H and O–H groups in total. The van der Waals surface area contributed by atoms with Gasteiger partial charge in [0.25, 0.3) is 0 Å². The molecule has 0 aliphatic carbocycles. The molecule has 262 valence electrons. The van der Waals surface area contributed by atoms with Crippen LogP contribution in [0.5, 0.6) is 11.8 Å². The molecule has 3 aromatic carbocycles. The Hall–Kier alpha value is -6.50. The zero-order valence-corrected chi connectivity index (χ0v) is 29.1. The number of methoxy groups -OCH3 is 1. The molecule has 13 heteroatoms. The number of carbonyl (C=O) groups excluding carboxylic acids is 1. The van der Waals surface area contributed by atoms with E-state index in [-0.39, 0.29) is 18.2 Å². The van der Waals surface area contributed by atoms with E-state index in [1.54, 1.807) is 18.0 Å². The van der Waals surface area contributed by atoms with Crippen LogP contribution in [0.15, 0.2) is 102 Å². The zero-order chi connectivity index (χ0) is 35.6. The molecule has 7 aromatic rings. The summed E-state index contributed by atoms with van der Waals surface area (Å²) in [5.41, 5.74) is 7.40. The van der Waals surface area contributed by atoms with E-state index in [0.29, 0.717) is 38.1 Å². The Morgan fingerprint density at radius 3 is 2.77 bits per heavy atom. The summed E-state index contributed by atoms with van der Waals surface area (Å²) in [7, 11) is 3.48. The van der Waals surface area contributed by atoms with Crippen LogP contribution in [0.25, 0.3) is 22.2 Å². The van der Waals surface area contributed by atoms with Crippen LogP contribution < -0.4 is 14.4 Å². The van der Waals surface area contributed by atoms with Crippen molar-refractivity contribution in [2.45, 2.75) is 32.4 Å². The van der Waals surface area contributed by atoms with Gasteiger partial charge in [-0.2, -0.15) is 4.98 Å². The summed E-state index contributed by atoms with van der Waals surface area (Å²) in [6.07, 6.45) is 7.21. The van der Waals surface area contributed by atoms with Crippen molar-refractivity contribution < 1.29 is 18.7 Å². The summed E-state index contributed by atoms with van der Waals surface area (Å²) in [5.74, 6) is 2.33. The highest BCUT2D eigenvalue weighted by Gasteiger charge is 2.36. The van der Waals surface area contributed by atoms with Crippen molar-refractivity contribution >= 4 is 28.3 Å². The minimum absolute atomic E-state index is 0.0482. The quantitative estimate of drug-likeness (QED) is 0.160. The molecule has 0 saturated carbocycles. The first kappa shape index (κ1) is 32.7. The average Bonchev–Trinajstić information content (AvgIpc) is 3.92. The van der Waals surface area contributed by atoms with Crippen molar-refractivity contribution in [3.05, 3.63) is 126 Å². The third-order valence-corrected chi connectivity index (χ3v) is 9.49. The highest BCUT2D eigenvalue weighted by atomic mass is 16.5. The molecular weight excluding hydrogens is 658 g/mol. The van der Waals surface area contributed by atoms with Gasteiger partial charge in [0.15, 0.2) is 6.39 Å². The van der Waals surface area contributed by atoms with Gasteiger partial charge >= 0.3 is 6.01 Å². The predicted molar refractivity (Wildman–Crippen MR) is 195 cm³/mol. The largest absolute Gasteiger partial charge is 0.488 e. The lowest BCUT2D eigenvalue weighted by Crippen LogP contribution is -2.49. The Kier molecular flexibility index (Phi) is 8.81. The van der Waals surface area contributed by atoms with Gasteiger partial charge in [-0.05, 0) is 53.9 Å². The van der Waals surface area contributed by atoms with E-state index in [2.05, 4.69) is 42.4 Å². The summed E-state index contributed by atoms with van der Waals surface area (Å²) in [4.78, 5) is 33.6. The van der Waals surface area contributed by atoms with Crippen molar-refractivity contribution in [3.63, 3.8) is 0 Å². The third-order valence-electron chi connectivity index (χ3n) is 9.49. The van der Waals surface area contributed by atoms with Crippen LogP contribution >= 0.6 is 0 Å². The first-order chi connectivity index (χ1) is 25.4. The Balaban J connectivity index is 0.910. The second-order valence-electron chi connectivity index (χ2n) is 12.9. The number of rotatable bonds is 12. The number of hydrogen-bond donors (Lipinski definition) is 1. The van der Waals surface area contributed by atoms with Gasteiger partial charge in [0.1, 0.15) is 35.3 Å². The average molecular weight is 696 g/mol. The number of hydrogen-bond acceptors (Lipinski definition) is 10. The number of carbonyl (C=O) groups is 1. The number of aromatic amines is 1. The lowest BCUT2D eigenvalue weighted by atomic mass is 9.94. The van der Waals surface area contributed by atoms with Crippen LogP contribution in [0, 0.1) is 6.92 Å². The van der Waals surface area contributed by atoms with Crippen LogP contribution in [-0.4, -0.2) is 73.0 Å². The molecule has 4 aromatic heterocycles. The number of aromatic nitrogens is 7. The van der Waals surface area contributed by atoms with Gasteiger partial charge in [-0.1, -0.05) is 47.7 Å². The van der Waals surface area contributed by atoms with E-state index in [1.807, 2.05) is 96.8 Å². The maximum absolute atomic E-state index is 13.4. The van der Waals surface area contributed by atoms with Crippen LogP contribution in [-0.2, 0) is 24.4 Å². The SMILES string of the molecule is COc1nccc(N(C)c2ccc(C)c(-c3cn(Cc4ncoc4C4CN(C(=O)Cc5c[nH]c6cccc(OCc7ccccc7)c56)C4)nn3)c2)n1. The fourth-order valence-corrected chi connectivity index (χ4v) is 6.56. The van der Waals surface area contributed by atoms with E-state index in [1.165, 1.54) is 6.39 Å². The topological polar surface area (TPSA) is 140 Å². The second-order valence-corrected chi connectivity index (χ2v) is 12.9. The number of benzene rings is 3. The second kappa shape index (κ2) is 14.0. The van der Waals surface area contributed by atoms with E-state index in [9.17, 15) is 4.79 Å². The minimum atomic E-state index is 0.0482. The van der Waals surface area contributed by atoms with E-state index in [4.69, 9.17) is 13.9 Å². The summed E-state index contributed by atoms with van der Waals surface area (Å²) in [6.45, 7) is 4.00. The van der Waals surface area contributed by atoms with E-state index >= 15 is 0 Å². The maximum Gasteiger partial charge on any atom is 0.318 e. The van der Waals surface area contributed by atoms with Gasteiger partial charge in [-0.25, -0.2) is 14.6 Å². The van der Waals surface area contributed by atoms with Gasteiger partial charge in [0.2, 0.25) is 5.91 Å². The van der Waals surface area contributed by atoms with E-state index in [0.717, 1.165) is 61.7 Å². The number of fused-ring (bicyclic) bond motifs is 1. The first-order valence-electron chi connectivity index (χ1n) is 17.0. The predicted octanol–water partition coefficient (Wildman–Crippen LogP) is 6.09. The number of nitrogens with zero attached hydrogens (tertiary/aromatic N) is 8. The number of oxazole rings is 1. The van der Waals surface area contributed by atoms with Gasteiger partial charge in [-0.3, -0.25) is 4.79 Å². The third kappa shape index (κ3) is 6.55. The van der Waals surface area contributed by atoms with Crippen LogP contribution in [0.1, 0.15) is 34.1 Å². The molecule has 0 spiro atoms. The molecule has 1 amide bonds. The van der Waals surface area contributed by atoms with Crippen LogP contribution in [0.2, 0.25) is 0 Å². The summed E-state index contributed by atoms with van der Waals surface area (Å²) >= 11 is 0. The van der Waals surface area contributed by atoms with Crippen molar-refractivity contribution in [2.75, 3.05) is 32.1 Å². The Bertz CT molecular complexity index is 2340. The lowest BCUT2D eigenvalue weighted by Gasteiger charge is -2.38. The van der Waals surface area contributed by atoms with E-state index < -0.39 is 0 Å². The highest BCUT2D eigenvalue weighted by molar-refractivity contribution is 5.93.